The Labute approximate surface area is 154 Å². The van der Waals surface area contributed by atoms with Gasteiger partial charge in [0.1, 0.15) is 0 Å². The number of amides is 1. The Bertz CT molecular complexity index is 1000. The average molecular weight is 367 g/mol. The van der Waals surface area contributed by atoms with Crippen LogP contribution in [0.1, 0.15) is 6.92 Å². The van der Waals surface area contributed by atoms with Crippen molar-refractivity contribution in [2.75, 3.05) is 5.32 Å². The minimum atomic E-state index is -0.497. The van der Waals surface area contributed by atoms with Crippen molar-refractivity contribution in [2.24, 2.45) is 0 Å². The Morgan fingerprint density at radius 1 is 1.31 bits per heavy atom. The second-order valence-corrected chi connectivity index (χ2v) is 6.75. The average Bonchev–Trinajstić information content (AvgIpc) is 2.65. The number of nitrogens with zero attached hydrogens (tertiary/aromatic N) is 4. The maximum atomic E-state index is 12.7. The third kappa shape index (κ3) is 3.80. The van der Waals surface area contributed by atoms with Gasteiger partial charge in [0.25, 0.3) is 5.56 Å². The van der Waals surface area contributed by atoms with Gasteiger partial charge < -0.3 is 0 Å². The van der Waals surface area contributed by atoms with Gasteiger partial charge in [-0.05, 0) is 25.1 Å². The monoisotopic (exact) mass is 367 g/mol. The molecule has 8 heteroatoms. The number of hydrogen-bond donors (Lipinski definition) is 1. The van der Waals surface area contributed by atoms with E-state index in [1.54, 1.807) is 49.7 Å². The van der Waals surface area contributed by atoms with Crippen LogP contribution in [-0.4, -0.2) is 30.7 Å². The number of carbonyl (C=O) groups is 1. The molecular weight excluding hydrogens is 350 g/mol. The first-order valence-electron chi connectivity index (χ1n) is 7.95. The molecule has 26 heavy (non-hydrogen) atoms. The molecule has 3 rings (SSSR count). The van der Waals surface area contributed by atoms with Crippen molar-refractivity contribution >= 4 is 34.5 Å². The third-order valence-corrected chi connectivity index (χ3v) is 4.68. The van der Waals surface area contributed by atoms with E-state index in [4.69, 9.17) is 0 Å². The lowest BCUT2D eigenvalue weighted by molar-refractivity contribution is -0.115. The molecule has 0 aliphatic rings. The van der Waals surface area contributed by atoms with Crippen LogP contribution in [0.4, 0.5) is 5.95 Å². The van der Waals surface area contributed by atoms with E-state index < -0.39 is 5.25 Å². The fourth-order valence-electron chi connectivity index (χ4n) is 2.31. The minimum Gasteiger partial charge on any atom is -0.294 e. The van der Waals surface area contributed by atoms with Crippen LogP contribution in [0.25, 0.3) is 10.9 Å². The lowest BCUT2D eigenvalue weighted by Crippen LogP contribution is -2.27. The van der Waals surface area contributed by atoms with E-state index in [-0.39, 0.29) is 17.4 Å². The van der Waals surface area contributed by atoms with Gasteiger partial charge in [-0.1, -0.05) is 30.0 Å². The van der Waals surface area contributed by atoms with Crippen molar-refractivity contribution in [2.45, 2.75) is 23.9 Å². The summed E-state index contributed by atoms with van der Waals surface area (Å²) in [5, 5.41) is 3.15. The molecule has 1 amide bonds. The number of para-hydroxylation sites is 1. The number of nitrogens with one attached hydrogen (secondary N) is 1. The van der Waals surface area contributed by atoms with Gasteiger partial charge in [0, 0.05) is 18.9 Å². The zero-order valence-electron chi connectivity index (χ0n) is 14.1. The molecule has 0 radical (unpaired) electrons. The molecule has 132 valence electrons. The lowest BCUT2D eigenvalue weighted by atomic mass is 10.2. The molecule has 7 nitrogen and oxygen atoms in total. The first-order chi connectivity index (χ1) is 12.6. The molecule has 1 N–H and O–H groups in total. The van der Waals surface area contributed by atoms with Crippen LogP contribution in [0, 0.1) is 0 Å². The second-order valence-electron chi connectivity index (χ2n) is 5.44. The summed E-state index contributed by atoms with van der Waals surface area (Å²) in [7, 11) is 0. The van der Waals surface area contributed by atoms with Gasteiger partial charge in [0.05, 0.1) is 16.2 Å². The number of benzene rings is 1. The number of thioether (sulfide) groups is 1. The maximum Gasteiger partial charge on any atom is 0.262 e. The van der Waals surface area contributed by atoms with Gasteiger partial charge in [-0.25, -0.2) is 15.0 Å². The Balaban J connectivity index is 1.89. The Kier molecular flexibility index (Phi) is 5.43. The fraction of sp³-hybridized carbons (Fsp3) is 0.167. The van der Waals surface area contributed by atoms with Gasteiger partial charge in [-0.2, -0.15) is 0 Å². The summed E-state index contributed by atoms with van der Waals surface area (Å²) < 4.78 is 1.52. The summed E-state index contributed by atoms with van der Waals surface area (Å²) in [6.07, 6.45) is 4.73. The molecule has 2 aromatic heterocycles. The number of anilines is 1. The van der Waals surface area contributed by atoms with Crippen molar-refractivity contribution in [3.05, 3.63) is 65.7 Å². The van der Waals surface area contributed by atoms with Crippen LogP contribution in [0.3, 0.4) is 0 Å². The number of carbonyl (C=O) groups excluding carboxylic acids is 1. The molecule has 2 heterocycles. The number of fused-ring (bicyclic) bond motifs is 1. The standard InChI is InChI=1S/C18H17N5O2S/c1-3-11-23-16(25)13-7-4-5-8-14(13)21-18(23)26-12(2)15(24)22-17-19-9-6-10-20-17/h3-10,12H,1,11H2,2H3,(H,19,20,22,24). The van der Waals surface area contributed by atoms with E-state index in [9.17, 15) is 9.59 Å². The minimum absolute atomic E-state index is 0.156. The molecule has 1 atom stereocenters. The van der Waals surface area contributed by atoms with Gasteiger partial charge in [0.2, 0.25) is 11.9 Å². The van der Waals surface area contributed by atoms with Crippen molar-refractivity contribution in [1.29, 1.82) is 0 Å². The number of allylic oxidation sites excluding steroid dienone is 1. The van der Waals surface area contributed by atoms with Crippen LogP contribution in [0.2, 0.25) is 0 Å². The zero-order valence-corrected chi connectivity index (χ0v) is 14.9. The first kappa shape index (κ1) is 17.8. The SMILES string of the molecule is C=CCn1c(SC(C)C(=O)Nc2ncccn2)nc2ccccc2c1=O. The molecule has 1 aromatic carbocycles. The smallest absolute Gasteiger partial charge is 0.262 e. The van der Waals surface area contributed by atoms with E-state index in [1.807, 2.05) is 6.07 Å². The Hall–Kier alpha value is -3.00. The molecule has 0 aliphatic carbocycles. The summed E-state index contributed by atoms with van der Waals surface area (Å²) in [5.74, 6) is -0.0336. The lowest BCUT2D eigenvalue weighted by Gasteiger charge is -2.15. The topological polar surface area (TPSA) is 89.8 Å². The first-order valence-corrected chi connectivity index (χ1v) is 8.83. The van der Waals surface area contributed by atoms with Gasteiger partial charge in [-0.15, -0.1) is 6.58 Å². The molecule has 3 aromatic rings. The van der Waals surface area contributed by atoms with E-state index >= 15 is 0 Å². The second kappa shape index (κ2) is 7.92. The number of hydrogen-bond acceptors (Lipinski definition) is 6. The van der Waals surface area contributed by atoms with E-state index in [1.165, 1.54) is 16.3 Å². The third-order valence-electron chi connectivity index (χ3n) is 3.59. The predicted octanol–water partition coefficient (Wildman–Crippen LogP) is 2.49. The van der Waals surface area contributed by atoms with E-state index in [0.29, 0.717) is 22.6 Å². The van der Waals surface area contributed by atoms with Crippen LogP contribution in [0.5, 0.6) is 0 Å². The molecule has 0 saturated carbocycles. The quantitative estimate of drug-likeness (QED) is 0.409. The van der Waals surface area contributed by atoms with Crippen molar-refractivity contribution in [1.82, 2.24) is 19.5 Å². The predicted molar refractivity (Wildman–Crippen MR) is 102 cm³/mol. The number of rotatable bonds is 6. The Morgan fingerprint density at radius 2 is 2.04 bits per heavy atom. The van der Waals surface area contributed by atoms with Gasteiger partial charge in [0.15, 0.2) is 5.16 Å². The van der Waals surface area contributed by atoms with Crippen molar-refractivity contribution < 1.29 is 4.79 Å². The van der Waals surface area contributed by atoms with Crippen LogP contribution >= 0.6 is 11.8 Å². The van der Waals surface area contributed by atoms with Gasteiger partial charge >= 0.3 is 0 Å². The highest BCUT2D eigenvalue weighted by atomic mass is 32.2. The highest BCUT2D eigenvalue weighted by Gasteiger charge is 2.19. The summed E-state index contributed by atoms with van der Waals surface area (Å²) in [6.45, 7) is 5.75. The van der Waals surface area contributed by atoms with Crippen LogP contribution < -0.4 is 10.9 Å². The summed E-state index contributed by atoms with van der Waals surface area (Å²) in [4.78, 5) is 37.6. The zero-order chi connectivity index (χ0) is 18.5. The Morgan fingerprint density at radius 3 is 2.77 bits per heavy atom. The largest absolute Gasteiger partial charge is 0.294 e. The summed E-state index contributed by atoms with van der Waals surface area (Å²) in [5.41, 5.74) is 0.441. The van der Waals surface area contributed by atoms with E-state index in [0.717, 1.165) is 0 Å². The van der Waals surface area contributed by atoms with Crippen molar-refractivity contribution in [3.63, 3.8) is 0 Å². The maximum absolute atomic E-state index is 12.7. The molecule has 0 aliphatic heterocycles. The fourth-order valence-corrected chi connectivity index (χ4v) is 3.23. The molecule has 0 bridgehead atoms. The van der Waals surface area contributed by atoms with Crippen molar-refractivity contribution in [3.8, 4) is 0 Å². The molecule has 0 saturated heterocycles. The van der Waals surface area contributed by atoms with Gasteiger partial charge in [-0.3, -0.25) is 19.5 Å². The molecule has 0 fully saturated rings. The van der Waals surface area contributed by atoms with Crippen LogP contribution in [0.15, 0.2) is 65.3 Å². The van der Waals surface area contributed by atoms with E-state index in [2.05, 4.69) is 26.8 Å². The molecular formula is C18H17N5O2S. The highest BCUT2D eigenvalue weighted by Crippen LogP contribution is 2.23. The molecule has 1 unspecified atom stereocenters. The summed E-state index contributed by atoms with van der Waals surface area (Å²) >= 11 is 1.20. The normalized spacial score (nSPS) is 11.9. The highest BCUT2D eigenvalue weighted by molar-refractivity contribution is 8.00. The van der Waals surface area contributed by atoms with Crippen LogP contribution in [-0.2, 0) is 11.3 Å². The number of aromatic nitrogens is 4. The molecule has 0 spiro atoms. The summed E-state index contributed by atoms with van der Waals surface area (Å²) in [6, 6.07) is 8.81.